The number of aryl methyl sites for hydroxylation is 1. The molecule has 1 spiro atoms. The van der Waals surface area contributed by atoms with Crippen molar-refractivity contribution in [3.05, 3.63) is 84.2 Å². The lowest BCUT2D eigenvalue weighted by Crippen LogP contribution is -2.45. The van der Waals surface area contributed by atoms with Gasteiger partial charge in [0.1, 0.15) is 0 Å². The molecule has 1 unspecified atom stereocenters. The summed E-state index contributed by atoms with van der Waals surface area (Å²) >= 11 is 0. The summed E-state index contributed by atoms with van der Waals surface area (Å²) in [6.45, 7) is 10.5. The van der Waals surface area contributed by atoms with Crippen LogP contribution in [0.4, 0.5) is 15.5 Å². The molecule has 0 bridgehead atoms. The van der Waals surface area contributed by atoms with Crippen LogP contribution in [0.1, 0.15) is 68.2 Å². The summed E-state index contributed by atoms with van der Waals surface area (Å²) in [5, 5.41) is 18.8. The van der Waals surface area contributed by atoms with Crippen LogP contribution in [0, 0.1) is 5.92 Å². The maximum absolute atomic E-state index is 16.4. The Hall–Kier alpha value is -3.67. The molecule has 0 aliphatic carbocycles. The molecule has 1 N–H and O–H groups in total. The van der Waals surface area contributed by atoms with E-state index in [9.17, 15) is 14.7 Å². The summed E-state index contributed by atoms with van der Waals surface area (Å²) in [5.74, 6) is -0.874. The second-order valence-corrected chi connectivity index (χ2v) is 17.5. The first kappa shape index (κ1) is 33.2. The third-order valence-electron chi connectivity index (χ3n) is 10.3. The number of ether oxygens (including phenoxy) is 1. The Labute approximate surface area is 277 Å². The highest BCUT2D eigenvalue weighted by Gasteiger charge is 2.66. The SMILES string of the molecule is C=CCN1C(=O)[C@@]2(O[C@@H](CCn3cc(C(CO)c4ccccc4)nn3)[C@H]([Si](C)(C)F)[C@H]2C)c2cc(N3CCCCCCC3=O)ccc21. The normalized spacial score (nSPS) is 25.6. The van der Waals surface area contributed by atoms with Crippen molar-refractivity contribution >= 4 is 31.6 Å². The summed E-state index contributed by atoms with van der Waals surface area (Å²) in [6.07, 6.45) is 7.82. The van der Waals surface area contributed by atoms with Crippen molar-refractivity contribution in [2.75, 3.05) is 29.5 Å². The van der Waals surface area contributed by atoms with Crippen LogP contribution in [0.3, 0.4) is 0 Å². The first-order valence-electron chi connectivity index (χ1n) is 16.9. The number of halogens is 1. The van der Waals surface area contributed by atoms with Gasteiger partial charge in [-0.15, -0.1) is 11.7 Å². The molecule has 3 aliphatic heterocycles. The number of carbonyl (C=O) groups excluding carboxylic acids is 2. The first-order valence-corrected chi connectivity index (χ1v) is 19.9. The molecule has 11 heteroatoms. The zero-order chi connectivity index (χ0) is 33.3. The summed E-state index contributed by atoms with van der Waals surface area (Å²) in [6, 6.07) is 15.5. The third kappa shape index (κ3) is 6.09. The Balaban J connectivity index is 1.32. The Kier molecular flexibility index (Phi) is 9.51. The fraction of sp³-hybridized carbons (Fsp3) is 0.500. The smallest absolute Gasteiger partial charge is 0.264 e. The van der Waals surface area contributed by atoms with Crippen molar-refractivity contribution in [3.8, 4) is 0 Å². The molecule has 3 aliphatic rings. The van der Waals surface area contributed by atoms with E-state index in [1.165, 1.54) is 0 Å². The van der Waals surface area contributed by atoms with Gasteiger partial charge in [0.2, 0.25) is 14.3 Å². The van der Waals surface area contributed by atoms with Crippen LogP contribution in [0.15, 0.2) is 67.4 Å². The number of hydrogen-bond donors (Lipinski definition) is 1. The second kappa shape index (κ2) is 13.4. The summed E-state index contributed by atoms with van der Waals surface area (Å²) in [7, 11) is -3.36. The highest BCUT2D eigenvalue weighted by Crippen LogP contribution is 2.60. The van der Waals surface area contributed by atoms with Crippen molar-refractivity contribution in [1.29, 1.82) is 0 Å². The van der Waals surface area contributed by atoms with Crippen LogP contribution in [0.25, 0.3) is 0 Å². The molecule has 1 aromatic heterocycles. The minimum absolute atomic E-state index is 0.0855. The van der Waals surface area contributed by atoms with E-state index in [1.54, 1.807) is 28.8 Å². The van der Waals surface area contributed by atoms with Gasteiger partial charge in [-0.25, -0.2) is 0 Å². The molecule has 47 heavy (non-hydrogen) atoms. The van der Waals surface area contributed by atoms with E-state index in [4.69, 9.17) is 4.74 Å². The number of aromatic nitrogens is 3. The van der Waals surface area contributed by atoms with Gasteiger partial charge in [0.15, 0.2) is 5.60 Å². The van der Waals surface area contributed by atoms with Gasteiger partial charge in [-0.05, 0) is 56.1 Å². The molecule has 9 nitrogen and oxygen atoms in total. The van der Waals surface area contributed by atoms with Crippen LogP contribution in [0.2, 0.25) is 18.6 Å². The van der Waals surface area contributed by atoms with Crippen molar-refractivity contribution < 1.29 is 23.5 Å². The minimum atomic E-state index is -3.36. The molecule has 0 saturated carbocycles. The van der Waals surface area contributed by atoms with Gasteiger partial charge < -0.3 is 23.8 Å². The quantitative estimate of drug-likeness (QED) is 0.161. The lowest BCUT2D eigenvalue weighted by molar-refractivity contribution is -0.145. The van der Waals surface area contributed by atoms with E-state index in [-0.39, 0.29) is 24.3 Å². The topological polar surface area (TPSA) is 101 Å². The number of aliphatic hydroxyl groups excluding tert-OH is 1. The fourth-order valence-electron chi connectivity index (χ4n) is 8.11. The van der Waals surface area contributed by atoms with Crippen molar-refractivity contribution in [2.24, 2.45) is 5.92 Å². The van der Waals surface area contributed by atoms with E-state index in [1.807, 2.05) is 66.6 Å². The molecule has 2 aromatic carbocycles. The number of anilines is 2. The van der Waals surface area contributed by atoms with Gasteiger partial charge in [0.25, 0.3) is 5.91 Å². The first-order chi connectivity index (χ1) is 22.6. The standard InChI is InChI=1S/C36H46FN5O4Si/c1-5-19-42-31-17-16-27(41-20-12-7-6-11-15-33(41)44)22-29(31)36(35(42)45)25(2)34(47(3,4)37)32(46-36)18-21-40-23-30(38-39-40)28(24-43)26-13-9-8-10-14-26/h5,8-10,13-14,16-17,22-23,25,28,32,34,43H,1,6-7,11-12,15,18-21,24H2,2-4H3/t25-,28?,32+,34-,36+/m1/s1. The van der Waals surface area contributed by atoms with Crippen molar-refractivity contribution in [1.82, 2.24) is 15.0 Å². The van der Waals surface area contributed by atoms with Gasteiger partial charge in [0.05, 0.1) is 30.0 Å². The lowest BCUT2D eigenvalue weighted by Gasteiger charge is -2.31. The number of fused-ring (bicyclic) bond motifs is 2. The summed E-state index contributed by atoms with van der Waals surface area (Å²) in [4.78, 5) is 31.2. The molecule has 250 valence electrons. The highest BCUT2D eigenvalue weighted by molar-refractivity contribution is 6.72. The molecule has 3 aromatic rings. The van der Waals surface area contributed by atoms with Crippen LogP contribution in [-0.2, 0) is 26.5 Å². The molecule has 2 amide bonds. The zero-order valence-corrected chi connectivity index (χ0v) is 28.6. The average molecular weight is 660 g/mol. The van der Waals surface area contributed by atoms with E-state index in [0.29, 0.717) is 43.7 Å². The maximum atomic E-state index is 16.4. The number of nitrogens with zero attached hydrogens (tertiary/aromatic N) is 5. The molecule has 5 atom stereocenters. The van der Waals surface area contributed by atoms with Gasteiger partial charge in [-0.3, -0.25) is 14.3 Å². The number of amides is 2. The second-order valence-electron chi connectivity index (χ2n) is 13.7. The molecule has 6 rings (SSSR count). The van der Waals surface area contributed by atoms with E-state index >= 15 is 4.11 Å². The minimum Gasteiger partial charge on any atom is -0.395 e. The molecule has 4 heterocycles. The Morgan fingerprint density at radius 2 is 1.91 bits per heavy atom. The number of benzene rings is 2. The predicted molar refractivity (Wildman–Crippen MR) is 182 cm³/mol. The summed E-state index contributed by atoms with van der Waals surface area (Å²) in [5.41, 5.74) is 1.93. The predicted octanol–water partition coefficient (Wildman–Crippen LogP) is 6.10. The number of hydrogen-bond acceptors (Lipinski definition) is 6. The molecular formula is C36H46FN5O4Si. The van der Waals surface area contributed by atoms with Gasteiger partial charge in [-0.2, -0.15) is 0 Å². The molecular weight excluding hydrogens is 614 g/mol. The largest absolute Gasteiger partial charge is 0.395 e. The third-order valence-corrected chi connectivity index (χ3v) is 12.8. The lowest BCUT2D eigenvalue weighted by atomic mass is 9.82. The highest BCUT2D eigenvalue weighted by atomic mass is 28.4. The molecule has 0 radical (unpaired) electrons. The fourth-order valence-corrected chi connectivity index (χ4v) is 10.7. The Morgan fingerprint density at radius 1 is 1.15 bits per heavy atom. The number of rotatable bonds is 10. The van der Waals surface area contributed by atoms with Gasteiger partial charge in [0, 0.05) is 55.0 Å². The monoisotopic (exact) mass is 659 g/mol. The molecule has 2 saturated heterocycles. The Bertz CT molecular complexity index is 1610. The van der Waals surface area contributed by atoms with Crippen molar-refractivity contribution in [2.45, 2.75) is 88.3 Å². The van der Waals surface area contributed by atoms with Crippen LogP contribution >= 0.6 is 0 Å². The van der Waals surface area contributed by atoms with Crippen LogP contribution in [-0.4, -0.2) is 66.1 Å². The average Bonchev–Trinajstić information content (AvgIpc) is 3.69. The molecule has 2 fully saturated rings. The number of aliphatic hydroxyl groups is 1. The maximum Gasteiger partial charge on any atom is 0.264 e. The zero-order valence-electron chi connectivity index (χ0n) is 27.6. The number of carbonyl (C=O) groups is 2. The van der Waals surface area contributed by atoms with Crippen molar-refractivity contribution in [3.63, 3.8) is 0 Å². The van der Waals surface area contributed by atoms with E-state index in [2.05, 4.69) is 16.9 Å². The van der Waals surface area contributed by atoms with E-state index in [0.717, 1.165) is 42.6 Å². The van der Waals surface area contributed by atoms with E-state index < -0.39 is 31.6 Å². The Morgan fingerprint density at radius 3 is 2.64 bits per heavy atom. The van der Waals surface area contributed by atoms with Crippen LogP contribution < -0.4 is 9.80 Å². The van der Waals surface area contributed by atoms with Gasteiger partial charge in [-0.1, -0.05) is 61.4 Å². The van der Waals surface area contributed by atoms with Crippen LogP contribution in [0.5, 0.6) is 0 Å². The summed E-state index contributed by atoms with van der Waals surface area (Å²) < 4.78 is 25.0. The van der Waals surface area contributed by atoms with Gasteiger partial charge >= 0.3 is 0 Å².